The summed E-state index contributed by atoms with van der Waals surface area (Å²) < 4.78 is 11.8. The van der Waals surface area contributed by atoms with Gasteiger partial charge in [-0.05, 0) is 36.1 Å². The maximum Gasteiger partial charge on any atom is 0.148 e. The minimum Gasteiger partial charge on any atom is -0.492 e. The summed E-state index contributed by atoms with van der Waals surface area (Å²) in [4.78, 5) is 1.98. The lowest BCUT2D eigenvalue weighted by molar-refractivity contribution is 0.259. The Balaban J connectivity index is 2.36. The van der Waals surface area contributed by atoms with Gasteiger partial charge in [-0.3, -0.25) is 0 Å². The summed E-state index contributed by atoms with van der Waals surface area (Å²) in [5, 5.41) is 4.32. The van der Waals surface area contributed by atoms with Crippen LogP contribution in [0.5, 0.6) is 11.5 Å². The molecule has 2 rings (SSSR count). The quantitative estimate of drug-likeness (QED) is 0.458. The van der Waals surface area contributed by atoms with Crippen molar-refractivity contribution in [3.8, 4) is 11.5 Å². The van der Waals surface area contributed by atoms with Crippen LogP contribution in [-0.2, 0) is 0 Å². The third-order valence-corrected chi connectivity index (χ3v) is 4.63. The molecule has 0 radical (unpaired) electrons. The van der Waals surface area contributed by atoms with Gasteiger partial charge in [0.1, 0.15) is 17.2 Å². The Morgan fingerprint density at radius 2 is 1.54 bits per heavy atom. The van der Waals surface area contributed by atoms with Crippen LogP contribution in [0, 0.1) is 17.4 Å². The largest absolute Gasteiger partial charge is 0.492 e. The van der Waals surface area contributed by atoms with E-state index in [1.54, 1.807) is 17.8 Å². The molecular weight excluding hydrogens is 368 g/mol. The van der Waals surface area contributed by atoms with Crippen molar-refractivity contribution in [2.45, 2.75) is 37.5 Å². The highest BCUT2D eigenvalue weighted by molar-refractivity contribution is 7.99. The Hall–Kier alpha value is -1.72. The van der Waals surface area contributed by atoms with Crippen molar-refractivity contribution in [3.63, 3.8) is 0 Å². The lowest BCUT2D eigenvalue weighted by atomic mass is 10.2. The van der Waals surface area contributed by atoms with E-state index in [2.05, 4.69) is 32.8 Å². The van der Waals surface area contributed by atoms with Crippen LogP contribution in [0.1, 0.15) is 27.7 Å². The molecule has 26 heavy (non-hydrogen) atoms. The second-order valence-electron chi connectivity index (χ2n) is 6.84. The Bertz CT molecular complexity index is 733. The fourth-order valence-corrected chi connectivity index (χ4v) is 3.11. The Kier molecular flexibility index (Phi) is 7.79. The third-order valence-electron chi connectivity index (χ3n) is 3.33. The highest BCUT2D eigenvalue weighted by atomic mass is 35.5. The van der Waals surface area contributed by atoms with Crippen molar-refractivity contribution < 1.29 is 9.47 Å². The molecule has 0 unspecified atom stereocenters. The highest BCUT2D eigenvalue weighted by Crippen LogP contribution is 2.43. The second-order valence-corrected chi connectivity index (χ2v) is 8.40. The number of hydrogen-bond acceptors (Lipinski definition) is 5. The van der Waals surface area contributed by atoms with Gasteiger partial charge in [0.05, 0.1) is 18.1 Å². The zero-order valence-corrected chi connectivity index (χ0v) is 17.2. The first-order valence-electron chi connectivity index (χ1n) is 8.63. The van der Waals surface area contributed by atoms with Gasteiger partial charge < -0.3 is 9.47 Å². The van der Waals surface area contributed by atoms with Gasteiger partial charge in [0.2, 0.25) is 0 Å². The van der Waals surface area contributed by atoms with Crippen molar-refractivity contribution in [1.82, 2.24) is 0 Å². The van der Waals surface area contributed by atoms with Crippen LogP contribution < -0.4 is 9.47 Å². The number of nitrogens with zero attached hydrogens (tertiary/aromatic N) is 1. The summed E-state index contributed by atoms with van der Waals surface area (Å²) in [5.41, 5.74) is 7.94. The minimum atomic E-state index is 0.387. The summed E-state index contributed by atoms with van der Waals surface area (Å²) in [5.74, 6) is 2.10. The third kappa shape index (κ3) is 6.22. The van der Waals surface area contributed by atoms with Gasteiger partial charge in [-0.25, -0.2) is 5.53 Å². The maximum absolute atomic E-state index is 7.47. The van der Waals surface area contributed by atoms with Gasteiger partial charge in [0.15, 0.2) is 0 Å². The molecule has 2 aromatic carbocycles. The molecule has 0 aliphatic rings. The number of benzene rings is 2. The first-order chi connectivity index (χ1) is 12.4. The fraction of sp³-hybridized carbons (Fsp3) is 0.400. The van der Waals surface area contributed by atoms with E-state index in [-0.39, 0.29) is 0 Å². The maximum atomic E-state index is 7.47. The van der Waals surface area contributed by atoms with Gasteiger partial charge in [-0.1, -0.05) is 51.1 Å². The molecule has 0 amide bonds. The molecule has 6 heteroatoms. The van der Waals surface area contributed by atoms with Crippen LogP contribution in [0.2, 0.25) is 5.02 Å². The number of hydrogen-bond donors (Lipinski definition) is 1. The summed E-state index contributed by atoms with van der Waals surface area (Å²) in [7, 11) is 0. The molecule has 0 bridgehead atoms. The van der Waals surface area contributed by atoms with Gasteiger partial charge in [0, 0.05) is 22.1 Å². The van der Waals surface area contributed by atoms with E-state index in [0.29, 0.717) is 47.3 Å². The Morgan fingerprint density at radius 3 is 2.08 bits per heavy atom. The predicted molar refractivity (Wildman–Crippen MR) is 107 cm³/mol. The average Bonchev–Trinajstić information content (AvgIpc) is 2.60. The first-order valence-corrected chi connectivity index (χ1v) is 9.83. The van der Waals surface area contributed by atoms with Gasteiger partial charge in [0.25, 0.3) is 0 Å². The number of nitrogens with one attached hydrogen (secondary N) is 1. The van der Waals surface area contributed by atoms with Crippen LogP contribution in [0.15, 0.2) is 51.3 Å². The molecule has 0 aliphatic carbocycles. The van der Waals surface area contributed by atoms with E-state index >= 15 is 0 Å². The number of halogens is 1. The van der Waals surface area contributed by atoms with Gasteiger partial charge >= 0.3 is 0 Å². The molecule has 0 aliphatic heterocycles. The van der Waals surface area contributed by atoms with E-state index in [0.717, 1.165) is 9.79 Å². The van der Waals surface area contributed by atoms with Crippen LogP contribution >= 0.6 is 23.4 Å². The molecule has 0 spiro atoms. The van der Waals surface area contributed by atoms with Crippen LogP contribution in [0.25, 0.3) is 0 Å². The molecular formula is C20H25ClN2O2S. The van der Waals surface area contributed by atoms with Crippen LogP contribution in [0.3, 0.4) is 0 Å². The van der Waals surface area contributed by atoms with Crippen molar-refractivity contribution in [2.75, 3.05) is 13.2 Å². The average molecular weight is 393 g/mol. The molecule has 0 aromatic heterocycles. The highest BCUT2D eigenvalue weighted by Gasteiger charge is 2.15. The number of rotatable bonds is 9. The molecule has 140 valence electrons. The predicted octanol–water partition coefficient (Wildman–Crippen LogP) is 7.22. The van der Waals surface area contributed by atoms with E-state index in [4.69, 9.17) is 26.6 Å². The molecule has 0 heterocycles. The second kappa shape index (κ2) is 9.83. The molecule has 1 N–H and O–H groups in total. The summed E-state index contributed by atoms with van der Waals surface area (Å²) in [6.45, 7) is 9.53. The fourth-order valence-electron chi connectivity index (χ4n) is 2.07. The smallest absolute Gasteiger partial charge is 0.148 e. The lowest BCUT2D eigenvalue weighted by Gasteiger charge is -2.17. The van der Waals surface area contributed by atoms with Crippen molar-refractivity contribution in [2.24, 2.45) is 17.0 Å². The molecule has 0 atom stereocenters. The van der Waals surface area contributed by atoms with E-state index in [1.165, 1.54) is 0 Å². The van der Waals surface area contributed by atoms with E-state index in [1.807, 2.05) is 30.3 Å². The Labute approximate surface area is 164 Å². The normalized spacial score (nSPS) is 11.0. The van der Waals surface area contributed by atoms with Crippen molar-refractivity contribution in [1.29, 1.82) is 5.53 Å². The Morgan fingerprint density at radius 1 is 0.962 bits per heavy atom. The van der Waals surface area contributed by atoms with Crippen molar-refractivity contribution in [3.05, 3.63) is 41.4 Å². The standard InChI is InChI=1S/C20H25ClN2O2S/c1-13(2)11-24-18-10-20(26-16-7-5-15(21)6-8-16)19(9-17(18)23-22)25-12-14(3)4/h5-10,13-14,22H,11-12H2,1-4H3. The topological polar surface area (TPSA) is 54.7 Å². The summed E-state index contributed by atoms with van der Waals surface area (Å²) in [6, 6.07) is 11.4. The molecule has 0 fully saturated rings. The molecule has 4 nitrogen and oxygen atoms in total. The van der Waals surface area contributed by atoms with Gasteiger partial charge in [-0.15, -0.1) is 0 Å². The minimum absolute atomic E-state index is 0.387. The molecule has 2 aromatic rings. The zero-order valence-electron chi connectivity index (χ0n) is 15.6. The first kappa shape index (κ1) is 20.6. The summed E-state index contributed by atoms with van der Waals surface area (Å²) in [6.07, 6.45) is 0. The van der Waals surface area contributed by atoms with Crippen molar-refractivity contribution >= 4 is 29.1 Å². The molecule has 0 saturated carbocycles. The zero-order chi connectivity index (χ0) is 19.1. The summed E-state index contributed by atoms with van der Waals surface area (Å²) >= 11 is 7.55. The lowest BCUT2D eigenvalue weighted by Crippen LogP contribution is -2.07. The van der Waals surface area contributed by atoms with Gasteiger partial charge in [-0.2, -0.15) is 5.11 Å². The van der Waals surface area contributed by atoms with Crippen LogP contribution in [-0.4, -0.2) is 13.2 Å². The van der Waals surface area contributed by atoms with E-state index < -0.39 is 0 Å². The molecule has 0 saturated heterocycles. The monoisotopic (exact) mass is 392 g/mol. The van der Waals surface area contributed by atoms with E-state index in [9.17, 15) is 0 Å². The number of ether oxygens (including phenoxy) is 2. The van der Waals surface area contributed by atoms with Crippen LogP contribution in [0.4, 0.5) is 5.69 Å². The SMILES string of the molecule is CC(C)COc1cc(Sc2ccc(Cl)cc2)c(OCC(C)C)cc1N=N.